The number of rotatable bonds is 4. The summed E-state index contributed by atoms with van der Waals surface area (Å²) in [5.41, 5.74) is 4.84. The van der Waals surface area contributed by atoms with Crippen LogP contribution in [0.15, 0.2) is 46.9 Å². The summed E-state index contributed by atoms with van der Waals surface area (Å²) in [5, 5.41) is 7.49. The first kappa shape index (κ1) is 12.8. The quantitative estimate of drug-likeness (QED) is 0.663. The molecule has 1 N–H and O–H groups in total. The molecule has 3 nitrogen and oxygen atoms in total. The number of benzene rings is 1. The maximum absolute atomic E-state index is 5.85. The van der Waals surface area contributed by atoms with E-state index >= 15 is 0 Å². The van der Waals surface area contributed by atoms with Crippen molar-refractivity contribution in [3.63, 3.8) is 0 Å². The molecule has 2 rings (SSSR count). The van der Waals surface area contributed by atoms with Crippen LogP contribution in [0.25, 0.3) is 11.3 Å². The van der Waals surface area contributed by atoms with Crippen LogP contribution in [0.1, 0.15) is 6.92 Å². The van der Waals surface area contributed by atoms with Crippen LogP contribution < -0.4 is 5.43 Å². The Morgan fingerprint density at radius 3 is 2.83 bits per heavy atom. The molecule has 0 aliphatic heterocycles. The van der Waals surface area contributed by atoms with Gasteiger partial charge in [-0.25, -0.2) is 4.98 Å². The summed E-state index contributed by atoms with van der Waals surface area (Å²) in [6.07, 6.45) is 5.44. The molecule has 0 saturated carbocycles. The molecule has 0 unspecified atom stereocenters. The van der Waals surface area contributed by atoms with Crippen LogP contribution in [0.3, 0.4) is 0 Å². The van der Waals surface area contributed by atoms with Crippen LogP contribution in [0.5, 0.6) is 0 Å². The number of nitrogens with one attached hydrogen (secondary N) is 1. The predicted octanol–water partition coefficient (Wildman–Crippen LogP) is 4.44. The molecular formula is C13H12ClN3S. The number of nitrogens with zero attached hydrogens (tertiary/aromatic N) is 2. The molecule has 0 atom stereocenters. The van der Waals surface area contributed by atoms with Crippen molar-refractivity contribution in [2.24, 2.45) is 5.10 Å². The lowest BCUT2D eigenvalue weighted by Gasteiger charge is -1.96. The second-order valence-corrected chi connectivity index (χ2v) is 4.76. The highest BCUT2D eigenvalue weighted by molar-refractivity contribution is 7.14. The van der Waals surface area contributed by atoms with Gasteiger partial charge < -0.3 is 0 Å². The molecule has 1 aromatic carbocycles. The Morgan fingerprint density at radius 1 is 1.33 bits per heavy atom. The largest absolute Gasteiger partial charge is 0.253 e. The van der Waals surface area contributed by atoms with E-state index in [1.165, 1.54) is 11.3 Å². The van der Waals surface area contributed by atoms with Gasteiger partial charge in [-0.3, -0.25) is 5.43 Å². The van der Waals surface area contributed by atoms with Gasteiger partial charge in [0.1, 0.15) is 0 Å². The number of hydrogen-bond donors (Lipinski definition) is 1. The maximum Gasteiger partial charge on any atom is 0.203 e. The Morgan fingerprint density at radius 2 is 2.11 bits per heavy atom. The number of hydrogen-bond acceptors (Lipinski definition) is 4. The Kier molecular flexibility index (Phi) is 4.50. The van der Waals surface area contributed by atoms with Gasteiger partial charge in [0.2, 0.25) is 5.13 Å². The van der Waals surface area contributed by atoms with Gasteiger partial charge in [0, 0.05) is 22.2 Å². The normalized spacial score (nSPS) is 11.4. The van der Waals surface area contributed by atoms with Gasteiger partial charge >= 0.3 is 0 Å². The minimum absolute atomic E-state index is 0.725. The summed E-state index contributed by atoms with van der Waals surface area (Å²) in [6, 6.07) is 7.61. The molecule has 0 bridgehead atoms. The standard InChI is InChI=1S/C13H12ClN3S/c1-2-3-8-15-17-13-16-12(9-18-13)10-4-6-11(14)7-5-10/h2-9H,1H3,(H,16,17)/b3-2+,15-8-. The number of hydrazone groups is 1. The SMILES string of the molecule is C/C=C/C=N\Nc1nc(-c2ccc(Cl)cc2)cs1. The van der Waals surface area contributed by atoms with Crippen LogP contribution >= 0.6 is 22.9 Å². The third-order valence-corrected chi connectivity index (χ3v) is 3.16. The van der Waals surface area contributed by atoms with Gasteiger partial charge in [0.15, 0.2) is 0 Å². The molecule has 0 saturated heterocycles. The van der Waals surface area contributed by atoms with E-state index in [1.807, 2.05) is 48.7 Å². The molecule has 0 spiro atoms. The van der Waals surface area contributed by atoms with E-state index in [0.29, 0.717) is 0 Å². The van der Waals surface area contributed by atoms with Crippen LogP contribution in [-0.4, -0.2) is 11.2 Å². The maximum atomic E-state index is 5.85. The van der Waals surface area contributed by atoms with Crippen molar-refractivity contribution in [3.05, 3.63) is 46.8 Å². The first-order valence-electron chi connectivity index (χ1n) is 5.41. The summed E-state index contributed by atoms with van der Waals surface area (Å²) in [6.45, 7) is 1.94. The summed E-state index contributed by atoms with van der Waals surface area (Å²) in [5.74, 6) is 0. The van der Waals surface area contributed by atoms with Crippen LogP contribution in [0.2, 0.25) is 5.02 Å². The third kappa shape index (κ3) is 3.42. The third-order valence-electron chi connectivity index (χ3n) is 2.16. The number of allylic oxidation sites excluding steroid dienone is 2. The number of halogens is 1. The Labute approximate surface area is 115 Å². The second kappa shape index (κ2) is 6.33. The van der Waals surface area contributed by atoms with Crippen molar-refractivity contribution >= 4 is 34.3 Å². The highest BCUT2D eigenvalue weighted by atomic mass is 35.5. The van der Waals surface area contributed by atoms with E-state index in [2.05, 4.69) is 15.5 Å². The lowest BCUT2D eigenvalue weighted by atomic mass is 10.2. The number of anilines is 1. The zero-order chi connectivity index (χ0) is 12.8. The smallest absolute Gasteiger partial charge is 0.203 e. The average Bonchev–Trinajstić information content (AvgIpc) is 2.84. The molecule has 5 heteroatoms. The Balaban J connectivity index is 2.08. The van der Waals surface area contributed by atoms with Crippen molar-refractivity contribution in [3.8, 4) is 11.3 Å². The van der Waals surface area contributed by atoms with Crippen molar-refractivity contribution in [2.75, 3.05) is 5.43 Å². The predicted molar refractivity (Wildman–Crippen MR) is 79.5 cm³/mol. The highest BCUT2D eigenvalue weighted by Crippen LogP contribution is 2.25. The Bertz CT molecular complexity index is 558. The van der Waals surface area contributed by atoms with Crippen molar-refractivity contribution in [1.29, 1.82) is 0 Å². The van der Waals surface area contributed by atoms with Crippen molar-refractivity contribution < 1.29 is 0 Å². The van der Waals surface area contributed by atoms with Gasteiger partial charge in [-0.1, -0.05) is 29.8 Å². The minimum atomic E-state index is 0.725. The molecule has 0 fully saturated rings. The molecule has 2 aromatic rings. The summed E-state index contributed by atoms with van der Waals surface area (Å²) < 4.78 is 0. The van der Waals surface area contributed by atoms with Crippen LogP contribution in [0, 0.1) is 0 Å². The van der Waals surface area contributed by atoms with E-state index in [4.69, 9.17) is 11.6 Å². The zero-order valence-electron chi connectivity index (χ0n) is 9.80. The molecular weight excluding hydrogens is 266 g/mol. The first-order valence-corrected chi connectivity index (χ1v) is 6.67. The summed E-state index contributed by atoms with van der Waals surface area (Å²) >= 11 is 7.36. The fraction of sp³-hybridized carbons (Fsp3) is 0.0769. The van der Waals surface area contributed by atoms with Crippen LogP contribution in [-0.2, 0) is 0 Å². The van der Waals surface area contributed by atoms with E-state index in [9.17, 15) is 0 Å². The molecule has 92 valence electrons. The number of aromatic nitrogens is 1. The fourth-order valence-electron chi connectivity index (χ4n) is 1.30. The first-order chi connectivity index (χ1) is 8.79. The van der Waals surface area contributed by atoms with Crippen molar-refractivity contribution in [1.82, 2.24) is 4.98 Å². The van der Waals surface area contributed by atoms with E-state index in [-0.39, 0.29) is 0 Å². The molecule has 0 radical (unpaired) electrons. The molecule has 0 aliphatic carbocycles. The average molecular weight is 278 g/mol. The molecule has 1 heterocycles. The second-order valence-electron chi connectivity index (χ2n) is 3.46. The highest BCUT2D eigenvalue weighted by Gasteiger charge is 2.03. The van der Waals surface area contributed by atoms with Gasteiger partial charge in [-0.15, -0.1) is 11.3 Å². The lowest BCUT2D eigenvalue weighted by molar-refractivity contribution is 1.29. The Hall–Kier alpha value is -1.65. The fourth-order valence-corrected chi connectivity index (χ4v) is 2.09. The molecule has 0 amide bonds. The van der Waals surface area contributed by atoms with Gasteiger partial charge in [0.25, 0.3) is 0 Å². The molecule has 18 heavy (non-hydrogen) atoms. The van der Waals surface area contributed by atoms with E-state index in [0.717, 1.165) is 21.4 Å². The van der Waals surface area contributed by atoms with Gasteiger partial charge in [-0.2, -0.15) is 5.10 Å². The van der Waals surface area contributed by atoms with E-state index < -0.39 is 0 Å². The van der Waals surface area contributed by atoms with Crippen molar-refractivity contribution in [2.45, 2.75) is 6.92 Å². The van der Waals surface area contributed by atoms with Gasteiger partial charge in [0.05, 0.1) is 5.69 Å². The van der Waals surface area contributed by atoms with E-state index in [1.54, 1.807) is 6.21 Å². The zero-order valence-corrected chi connectivity index (χ0v) is 11.4. The summed E-state index contributed by atoms with van der Waals surface area (Å²) in [4.78, 5) is 4.43. The molecule has 0 aliphatic rings. The topological polar surface area (TPSA) is 37.3 Å². The number of thiazole rings is 1. The monoisotopic (exact) mass is 277 g/mol. The lowest BCUT2D eigenvalue weighted by Crippen LogP contribution is -1.87. The summed E-state index contributed by atoms with van der Waals surface area (Å²) in [7, 11) is 0. The molecule has 1 aromatic heterocycles. The minimum Gasteiger partial charge on any atom is -0.253 e. The van der Waals surface area contributed by atoms with Crippen LogP contribution in [0.4, 0.5) is 5.13 Å². The van der Waals surface area contributed by atoms with Gasteiger partial charge in [-0.05, 0) is 25.1 Å².